The Morgan fingerprint density at radius 3 is 2.35 bits per heavy atom. The first-order chi connectivity index (χ1) is 11.0. The molecule has 0 aliphatic heterocycles. The number of hydrogen-bond donors (Lipinski definition) is 0. The minimum atomic E-state index is -0.418. The maximum atomic E-state index is 12.1. The van der Waals surface area contributed by atoms with Crippen LogP contribution in [-0.2, 0) is 19.2 Å². The molecule has 1 aromatic rings. The summed E-state index contributed by atoms with van der Waals surface area (Å²) < 4.78 is 4.97. The number of ether oxygens (including phenoxy) is 1. The maximum absolute atomic E-state index is 12.1. The summed E-state index contributed by atoms with van der Waals surface area (Å²) in [5, 5.41) is 3.90. The van der Waals surface area contributed by atoms with E-state index in [4.69, 9.17) is 9.57 Å². The van der Waals surface area contributed by atoms with E-state index in [1.165, 1.54) is 0 Å². The average Bonchev–Trinajstić information content (AvgIpc) is 2.57. The fraction of sp³-hybridized carbons (Fsp3) is 0.500. The lowest BCUT2D eigenvalue weighted by atomic mass is 9.94. The van der Waals surface area contributed by atoms with Gasteiger partial charge in [-0.05, 0) is 32.3 Å². The molecule has 126 valence electrons. The van der Waals surface area contributed by atoms with Crippen molar-refractivity contribution in [2.75, 3.05) is 6.61 Å². The predicted octanol–water partition coefficient (Wildman–Crippen LogP) is 3.57. The number of oxime groups is 1. The Kier molecular flexibility index (Phi) is 8.02. The minimum Gasteiger partial charge on any atom is -0.466 e. The molecule has 0 fully saturated rings. The van der Waals surface area contributed by atoms with E-state index >= 15 is 0 Å². The van der Waals surface area contributed by atoms with E-state index in [1.807, 2.05) is 37.3 Å². The second-order valence-electron chi connectivity index (χ2n) is 5.45. The molecular weight excluding hydrogens is 294 g/mol. The number of benzene rings is 1. The number of carbonyl (C=O) groups excluding carboxylic acids is 2. The topological polar surface area (TPSA) is 65.0 Å². The van der Waals surface area contributed by atoms with Crippen molar-refractivity contribution >= 4 is 17.7 Å². The molecule has 0 aliphatic carbocycles. The van der Waals surface area contributed by atoms with Crippen molar-refractivity contribution in [3.63, 3.8) is 0 Å². The van der Waals surface area contributed by atoms with Crippen molar-refractivity contribution in [1.82, 2.24) is 0 Å². The molecule has 5 nitrogen and oxygen atoms in total. The summed E-state index contributed by atoms with van der Waals surface area (Å²) in [6, 6.07) is 9.49. The van der Waals surface area contributed by atoms with Gasteiger partial charge in [0.05, 0.1) is 24.2 Å². The average molecular weight is 319 g/mol. The molecule has 0 aliphatic rings. The van der Waals surface area contributed by atoms with Crippen LogP contribution in [0.5, 0.6) is 0 Å². The van der Waals surface area contributed by atoms with Gasteiger partial charge in [-0.3, -0.25) is 4.79 Å². The number of nitrogens with zero attached hydrogens (tertiary/aromatic N) is 1. The van der Waals surface area contributed by atoms with E-state index in [0.717, 1.165) is 5.56 Å². The summed E-state index contributed by atoms with van der Waals surface area (Å²) in [6.07, 6.45) is 0.983. The summed E-state index contributed by atoms with van der Waals surface area (Å²) in [7, 11) is 0. The smallest absolute Gasteiger partial charge is 0.338 e. The summed E-state index contributed by atoms with van der Waals surface area (Å²) in [6.45, 7) is 7.52. The Balaban J connectivity index is 2.61. The highest BCUT2D eigenvalue weighted by molar-refractivity contribution is 5.98. The van der Waals surface area contributed by atoms with Gasteiger partial charge >= 0.3 is 11.9 Å². The molecule has 23 heavy (non-hydrogen) atoms. The maximum Gasteiger partial charge on any atom is 0.338 e. The molecule has 1 aromatic carbocycles. The number of carbonyl (C=O) groups is 2. The Hall–Kier alpha value is -2.17. The van der Waals surface area contributed by atoms with Crippen LogP contribution < -0.4 is 0 Å². The number of esters is 1. The van der Waals surface area contributed by atoms with Crippen LogP contribution in [0.2, 0.25) is 0 Å². The van der Waals surface area contributed by atoms with Gasteiger partial charge in [-0.15, -0.1) is 0 Å². The van der Waals surface area contributed by atoms with Crippen LogP contribution >= 0.6 is 0 Å². The van der Waals surface area contributed by atoms with E-state index in [2.05, 4.69) is 5.16 Å². The quantitative estimate of drug-likeness (QED) is 0.318. The molecule has 0 aromatic heterocycles. The van der Waals surface area contributed by atoms with Gasteiger partial charge in [0.1, 0.15) is 0 Å². The third-order valence-electron chi connectivity index (χ3n) is 3.62. The van der Waals surface area contributed by atoms with Crippen molar-refractivity contribution in [2.24, 2.45) is 17.0 Å². The molecule has 0 spiro atoms. The van der Waals surface area contributed by atoms with Crippen LogP contribution in [0.15, 0.2) is 35.5 Å². The molecule has 0 bridgehead atoms. The molecule has 0 saturated heterocycles. The Morgan fingerprint density at radius 2 is 1.78 bits per heavy atom. The van der Waals surface area contributed by atoms with E-state index in [9.17, 15) is 9.59 Å². The standard InChI is InChI=1S/C18H25NO4/c1-5-15(12-13(3)17(20)22-6-2)18(21)23-19-14(4)16-10-8-7-9-11-16/h7-11,13,15H,5-6,12H2,1-4H3. The molecule has 5 heteroatoms. The van der Waals surface area contributed by atoms with Gasteiger partial charge in [-0.2, -0.15) is 0 Å². The van der Waals surface area contributed by atoms with Gasteiger partial charge in [0.2, 0.25) is 0 Å². The highest BCUT2D eigenvalue weighted by Gasteiger charge is 2.25. The minimum absolute atomic E-state index is 0.289. The summed E-state index contributed by atoms with van der Waals surface area (Å²) in [5.41, 5.74) is 1.53. The van der Waals surface area contributed by atoms with Gasteiger partial charge < -0.3 is 9.57 Å². The Morgan fingerprint density at radius 1 is 1.13 bits per heavy atom. The van der Waals surface area contributed by atoms with Crippen LogP contribution in [0.3, 0.4) is 0 Å². The second kappa shape index (κ2) is 9.77. The summed E-state index contributed by atoms with van der Waals surface area (Å²) >= 11 is 0. The lowest BCUT2D eigenvalue weighted by Crippen LogP contribution is -2.23. The van der Waals surface area contributed by atoms with E-state index in [0.29, 0.717) is 25.2 Å². The van der Waals surface area contributed by atoms with Gasteiger partial charge in [0.15, 0.2) is 0 Å². The van der Waals surface area contributed by atoms with Crippen molar-refractivity contribution in [1.29, 1.82) is 0 Å². The zero-order valence-corrected chi connectivity index (χ0v) is 14.2. The largest absolute Gasteiger partial charge is 0.466 e. The first-order valence-electron chi connectivity index (χ1n) is 7.97. The van der Waals surface area contributed by atoms with Crippen LogP contribution in [0.25, 0.3) is 0 Å². The molecule has 0 heterocycles. The molecule has 2 unspecified atom stereocenters. The summed E-state index contributed by atoms with van der Waals surface area (Å²) in [4.78, 5) is 28.9. The first kappa shape index (κ1) is 18.9. The fourth-order valence-corrected chi connectivity index (χ4v) is 2.16. The molecular formula is C18H25NO4. The lowest BCUT2D eigenvalue weighted by molar-refractivity contribution is -0.152. The van der Waals surface area contributed by atoms with E-state index in [1.54, 1.807) is 20.8 Å². The van der Waals surface area contributed by atoms with Gasteiger partial charge in [-0.25, -0.2) is 4.79 Å². The Labute approximate surface area is 137 Å². The molecule has 0 radical (unpaired) electrons. The zero-order valence-electron chi connectivity index (χ0n) is 14.2. The Bertz CT molecular complexity index is 539. The van der Waals surface area contributed by atoms with Crippen LogP contribution in [0.4, 0.5) is 0 Å². The lowest BCUT2D eigenvalue weighted by Gasteiger charge is -2.16. The molecule has 0 saturated carbocycles. The molecule has 0 amide bonds. The second-order valence-corrected chi connectivity index (χ2v) is 5.45. The van der Waals surface area contributed by atoms with Gasteiger partial charge in [-0.1, -0.05) is 49.3 Å². The third kappa shape index (κ3) is 6.22. The first-order valence-corrected chi connectivity index (χ1v) is 7.97. The van der Waals surface area contributed by atoms with Gasteiger partial charge in [0, 0.05) is 0 Å². The fourth-order valence-electron chi connectivity index (χ4n) is 2.16. The molecule has 0 N–H and O–H groups in total. The molecule has 1 rings (SSSR count). The predicted molar refractivity (Wildman–Crippen MR) is 88.9 cm³/mol. The van der Waals surface area contributed by atoms with Crippen molar-refractivity contribution < 1.29 is 19.2 Å². The van der Waals surface area contributed by atoms with Crippen LogP contribution in [0.1, 0.15) is 46.1 Å². The highest BCUT2D eigenvalue weighted by Crippen LogP contribution is 2.19. The highest BCUT2D eigenvalue weighted by atomic mass is 16.7. The van der Waals surface area contributed by atoms with Crippen molar-refractivity contribution in [3.8, 4) is 0 Å². The van der Waals surface area contributed by atoms with Gasteiger partial charge in [0.25, 0.3) is 0 Å². The molecule has 2 atom stereocenters. The summed E-state index contributed by atoms with van der Waals surface area (Å²) in [5.74, 6) is -1.42. The van der Waals surface area contributed by atoms with E-state index < -0.39 is 5.97 Å². The van der Waals surface area contributed by atoms with Crippen LogP contribution in [-0.4, -0.2) is 24.3 Å². The monoisotopic (exact) mass is 319 g/mol. The number of rotatable bonds is 8. The van der Waals surface area contributed by atoms with Crippen molar-refractivity contribution in [3.05, 3.63) is 35.9 Å². The normalized spacial score (nSPS) is 14.0. The zero-order chi connectivity index (χ0) is 17.2. The van der Waals surface area contributed by atoms with E-state index in [-0.39, 0.29) is 17.8 Å². The number of hydrogen-bond acceptors (Lipinski definition) is 5. The van der Waals surface area contributed by atoms with Crippen molar-refractivity contribution in [2.45, 2.75) is 40.5 Å². The van der Waals surface area contributed by atoms with Crippen LogP contribution in [0, 0.1) is 11.8 Å². The SMILES string of the molecule is CCOC(=O)C(C)CC(CC)C(=O)ON=C(C)c1ccccc1. The third-order valence-corrected chi connectivity index (χ3v) is 3.62.